The standard InChI is InChI=1S/C11H12N2O5S/c1-16-8-5-4-7(6-9(8)17-2)10-12-13-11(18-10)19(3,14)15/h4-6H,1-3H3. The van der Waals surface area contributed by atoms with Crippen LogP contribution in [-0.2, 0) is 9.84 Å². The van der Waals surface area contributed by atoms with Gasteiger partial charge in [0.15, 0.2) is 11.5 Å². The van der Waals surface area contributed by atoms with Crippen molar-refractivity contribution in [1.29, 1.82) is 0 Å². The van der Waals surface area contributed by atoms with Crippen molar-refractivity contribution in [1.82, 2.24) is 10.2 Å². The molecule has 0 aliphatic carbocycles. The van der Waals surface area contributed by atoms with Crippen LogP contribution in [0, 0.1) is 0 Å². The normalized spacial score (nSPS) is 11.3. The Kier molecular flexibility index (Phi) is 3.43. The lowest BCUT2D eigenvalue weighted by atomic mass is 10.2. The number of aromatic nitrogens is 2. The first-order chi connectivity index (χ1) is 8.95. The second-order valence-electron chi connectivity index (χ2n) is 3.72. The van der Waals surface area contributed by atoms with Crippen LogP contribution in [0.25, 0.3) is 11.5 Å². The highest BCUT2D eigenvalue weighted by Gasteiger charge is 2.18. The Bertz CT molecular complexity index is 693. The maximum atomic E-state index is 11.3. The molecule has 8 heteroatoms. The maximum Gasteiger partial charge on any atom is 0.335 e. The van der Waals surface area contributed by atoms with Gasteiger partial charge in [-0.05, 0) is 18.2 Å². The molecule has 1 aromatic carbocycles. The molecule has 2 rings (SSSR count). The monoisotopic (exact) mass is 284 g/mol. The van der Waals surface area contributed by atoms with Gasteiger partial charge in [-0.15, -0.1) is 5.10 Å². The molecule has 0 aliphatic rings. The molecule has 7 nitrogen and oxygen atoms in total. The molecule has 0 saturated carbocycles. The summed E-state index contributed by atoms with van der Waals surface area (Å²) in [6, 6.07) is 4.96. The molecule has 0 bridgehead atoms. The van der Waals surface area contributed by atoms with Gasteiger partial charge in [0.05, 0.1) is 14.2 Å². The lowest BCUT2D eigenvalue weighted by Gasteiger charge is -2.07. The summed E-state index contributed by atoms with van der Waals surface area (Å²) in [6.07, 6.45) is 0.999. The van der Waals surface area contributed by atoms with E-state index in [1.807, 2.05) is 0 Å². The first kappa shape index (κ1) is 13.3. The molecule has 19 heavy (non-hydrogen) atoms. The van der Waals surface area contributed by atoms with Crippen LogP contribution < -0.4 is 9.47 Å². The van der Waals surface area contributed by atoms with Crippen molar-refractivity contribution in [3.8, 4) is 23.0 Å². The number of hydrogen-bond donors (Lipinski definition) is 0. The molecule has 0 unspecified atom stereocenters. The van der Waals surface area contributed by atoms with E-state index in [0.717, 1.165) is 6.26 Å². The van der Waals surface area contributed by atoms with E-state index in [2.05, 4.69) is 10.2 Å². The zero-order chi connectivity index (χ0) is 14.0. The summed E-state index contributed by atoms with van der Waals surface area (Å²) in [5, 5.41) is 6.76. The molecule has 0 spiro atoms. The second kappa shape index (κ2) is 4.88. The minimum Gasteiger partial charge on any atom is -0.493 e. The Morgan fingerprint density at radius 3 is 2.32 bits per heavy atom. The Morgan fingerprint density at radius 1 is 1.11 bits per heavy atom. The third-order valence-electron chi connectivity index (χ3n) is 2.35. The first-order valence-electron chi connectivity index (χ1n) is 5.21. The Hall–Kier alpha value is -2.09. The zero-order valence-electron chi connectivity index (χ0n) is 10.6. The van der Waals surface area contributed by atoms with E-state index >= 15 is 0 Å². The van der Waals surface area contributed by atoms with Gasteiger partial charge in [0.1, 0.15) is 0 Å². The number of benzene rings is 1. The minimum absolute atomic E-state index is 0.0985. The number of rotatable bonds is 4. The number of hydrogen-bond acceptors (Lipinski definition) is 7. The van der Waals surface area contributed by atoms with Gasteiger partial charge in [0.25, 0.3) is 0 Å². The van der Waals surface area contributed by atoms with E-state index in [-0.39, 0.29) is 5.89 Å². The summed E-state index contributed by atoms with van der Waals surface area (Å²) in [6.45, 7) is 0. The van der Waals surface area contributed by atoms with Crippen LogP contribution in [0.3, 0.4) is 0 Å². The molecule has 102 valence electrons. The van der Waals surface area contributed by atoms with Crippen LogP contribution in [-0.4, -0.2) is 39.1 Å². The highest BCUT2D eigenvalue weighted by Crippen LogP contribution is 2.31. The molecular formula is C11H12N2O5S. The smallest absolute Gasteiger partial charge is 0.335 e. The van der Waals surface area contributed by atoms with Crippen molar-refractivity contribution >= 4 is 9.84 Å². The molecular weight excluding hydrogens is 272 g/mol. The van der Waals surface area contributed by atoms with Crippen molar-refractivity contribution in [3.05, 3.63) is 18.2 Å². The van der Waals surface area contributed by atoms with Gasteiger partial charge in [-0.3, -0.25) is 0 Å². The van der Waals surface area contributed by atoms with E-state index in [9.17, 15) is 8.42 Å². The van der Waals surface area contributed by atoms with Gasteiger partial charge >= 0.3 is 5.22 Å². The summed E-state index contributed by atoms with van der Waals surface area (Å²) in [5.41, 5.74) is 0.542. The first-order valence-corrected chi connectivity index (χ1v) is 7.11. The van der Waals surface area contributed by atoms with Crippen LogP contribution in [0.5, 0.6) is 11.5 Å². The highest BCUT2D eigenvalue weighted by molar-refractivity contribution is 7.90. The second-order valence-corrected chi connectivity index (χ2v) is 5.61. The van der Waals surface area contributed by atoms with Gasteiger partial charge in [0.2, 0.25) is 15.7 Å². The Labute approximate surface area is 110 Å². The van der Waals surface area contributed by atoms with Gasteiger partial charge in [-0.1, -0.05) is 5.10 Å². The predicted octanol–water partition coefficient (Wildman–Crippen LogP) is 1.16. The molecule has 1 aromatic heterocycles. The van der Waals surface area contributed by atoms with E-state index in [4.69, 9.17) is 13.9 Å². The van der Waals surface area contributed by atoms with Crippen LogP contribution in [0.15, 0.2) is 27.8 Å². The van der Waals surface area contributed by atoms with Gasteiger partial charge in [-0.2, -0.15) is 0 Å². The topological polar surface area (TPSA) is 91.5 Å². The molecule has 0 saturated heterocycles. The molecule has 0 fully saturated rings. The zero-order valence-corrected chi connectivity index (χ0v) is 11.4. The summed E-state index contributed by atoms with van der Waals surface area (Å²) < 4.78 is 37.9. The van der Waals surface area contributed by atoms with Crippen LogP contribution in [0.1, 0.15) is 0 Å². The fraction of sp³-hybridized carbons (Fsp3) is 0.273. The summed E-state index contributed by atoms with van der Waals surface area (Å²) in [4.78, 5) is 0. The van der Waals surface area contributed by atoms with Crippen LogP contribution >= 0.6 is 0 Å². The fourth-order valence-electron chi connectivity index (χ4n) is 1.45. The van der Waals surface area contributed by atoms with Gasteiger partial charge in [-0.25, -0.2) is 8.42 Å². The van der Waals surface area contributed by atoms with E-state index in [1.165, 1.54) is 14.2 Å². The summed E-state index contributed by atoms with van der Waals surface area (Å²) in [5.74, 6) is 1.13. The molecule has 2 aromatic rings. The Morgan fingerprint density at radius 2 is 1.79 bits per heavy atom. The number of ether oxygens (including phenoxy) is 2. The van der Waals surface area contributed by atoms with E-state index < -0.39 is 15.1 Å². The van der Waals surface area contributed by atoms with Crippen molar-refractivity contribution in [2.75, 3.05) is 20.5 Å². The fourth-order valence-corrected chi connectivity index (χ4v) is 1.86. The molecule has 1 heterocycles. The van der Waals surface area contributed by atoms with Crippen molar-refractivity contribution < 1.29 is 22.3 Å². The molecule has 0 atom stereocenters. The van der Waals surface area contributed by atoms with Crippen LogP contribution in [0.2, 0.25) is 0 Å². The number of methoxy groups -OCH3 is 2. The molecule has 0 N–H and O–H groups in total. The third kappa shape index (κ3) is 2.68. The van der Waals surface area contributed by atoms with Crippen molar-refractivity contribution in [2.45, 2.75) is 5.22 Å². The highest BCUT2D eigenvalue weighted by atomic mass is 32.2. The maximum absolute atomic E-state index is 11.3. The van der Waals surface area contributed by atoms with Crippen molar-refractivity contribution in [3.63, 3.8) is 0 Å². The van der Waals surface area contributed by atoms with E-state index in [0.29, 0.717) is 17.1 Å². The van der Waals surface area contributed by atoms with Crippen LogP contribution in [0.4, 0.5) is 0 Å². The lowest BCUT2D eigenvalue weighted by Crippen LogP contribution is -1.96. The predicted molar refractivity (Wildman–Crippen MR) is 65.9 cm³/mol. The van der Waals surface area contributed by atoms with Gasteiger partial charge in [0, 0.05) is 11.8 Å². The summed E-state index contributed by atoms with van der Waals surface area (Å²) in [7, 11) is -0.497. The van der Waals surface area contributed by atoms with Crippen molar-refractivity contribution in [2.24, 2.45) is 0 Å². The molecule has 0 amide bonds. The average molecular weight is 284 g/mol. The van der Waals surface area contributed by atoms with Gasteiger partial charge < -0.3 is 13.9 Å². The lowest BCUT2D eigenvalue weighted by molar-refractivity contribution is 0.355. The third-order valence-corrected chi connectivity index (χ3v) is 3.15. The SMILES string of the molecule is COc1ccc(-c2nnc(S(C)(=O)=O)o2)cc1OC. The quantitative estimate of drug-likeness (QED) is 0.831. The molecule has 0 radical (unpaired) electrons. The Balaban J connectivity index is 2.45. The largest absolute Gasteiger partial charge is 0.493 e. The minimum atomic E-state index is -3.51. The van der Waals surface area contributed by atoms with E-state index in [1.54, 1.807) is 18.2 Å². The average Bonchev–Trinajstić information content (AvgIpc) is 2.87. The molecule has 0 aliphatic heterocycles. The summed E-state index contributed by atoms with van der Waals surface area (Å²) >= 11 is 0. The number of sulfone groups is 1. The number of nitrogens with zero attached hydrogens (tertiary/aromatic N) is 2.